The van der Waals surface area contributed by atoms with E-state index in [9.17, 15) is 0 Å². The Labute approximate surface area is 130 Å². The first-order valence-corrected chi connectivity index (χ1v) is 8.70. The van der Waals surface area contributed by atoms with E-state index in [0.29, 0.717) is 6.04 Å². The van der Waals surface area contributed by atoms with Gasteiger partial charge in [0.15, 0.2) is 0 Å². The van der Waals surface area contributed by atoms with Crippen LogP contribution in [0.15, 0.2) is 41.4 Å². The summed E-state index contributed by atoms with van der Waals surface area (Å²) < 4.78 is 2.17. The standard InChI is InChI=1S/C17H22N2OS/c20-12-14-6-8-17(9-7-14)21-13-15-10-11-19(18-15)16-4-2-1-3-5-16/h6-11,16,20H,1-5,12-13H2. The van der Waals surface area contributed by atoms with E-state index in [-0.39, 0.29) is 6.61 Å². The van der Waals surface area contributed by atoms with Crippen LogP contribution in [-0.2, 0) is 12.4 Å². The molecule has 21 heavy (non-hydrogen) atoms. The lowest BCUT2D eigenvalue weighted by Gasteiger charge is -2.21. The van der Waals surface area contributed by atoms with Gasteiger partial charge in [-0.3, -0.25) is 4.68 Å². The van der Waals surface area contributed by atoms with Crippen molar-refractivity contribution in [2.75, 3.05) is 0 Å². The SMILES string of the molecule is OCc1ccc(SCc2ccn(C3CCCCC3)n2)cc1. The summed E-state index contributed by atoms with van der Waals surface area (Å²) >= 11 is 1.80. The summed E-state index contributed by atoms with van der Waals surface area (Å²) in [5.74, 6) is 0.901. The van der Waals surface area contributed by atoms with Crippen LogP contribution in [-0.4, -0.2) is 14.9 Å². The largest absolute Gasteiger partial charge is 0.392 e. The Hall–Kier alpha value is -1.26. The van der Waals surface area contributed by atoms with Crippen LogP contribution in [0.5, 0.6) is 0 Å². The van der Waals surface area contributed by atoms with Gasteiger partial charge in [-0.05, 0) is 36.6 Å². The van der Waals surface area contributed by atoms with Crippen molar-refractivity contribution in [3.63, 3.8) is 0 Å². The van der Waals surface area contributed by atoms with Crippen molar-refractivity contribution >= 4 is 11.8 Å². The van der Waals surface area contributed by atoms with Crippen molar-refractivity contribution in [1.82, 2.24) is 9.78 Å². The normalized spacial score (nSPS) is 16.2. The summed E-state index contributed by atoms with van der Waals surface area (Å²) in [7, 11) is 0. The molecule has 1 saturated carbocycles. The average Bonchev–Trinajstić information content (AvgIpc) is 3.03. The maximum atomic E-state index is 9.04. The minimum absolute atomic E-state index is 0.108. The van der Waals surface area contributed by atoms with Gasteiger partial charge < -0.3 is 5.11 Å². The molecule has 1 aromatic carbocycles. The maximum absolute atomic E-state index is 9.04. The van der Waals surface area contributed by atoms with Crippen molar-refractivity contribution in [3.8, 4) is 0 Å². The number of hydrogen-bond donors (Lipinski definition) is 1. The Morgan fingerprint density at radius 3 is 2.57 bits per heavy atom. The van der Waals surface area contributed by atoms with Gasteiger partial charge in [0.25, 0.3) is 0 Å². The van der Waals surface area contributed by atoms with Crippen LogP contribution in [0.3, 0.4) is 0 Å². The molecular weight excluding hydrogens is 280 g/mol. The maximum Gasteiger partial charge on any atom is 0.0727 e. The zero-order chi connectivity index (χ0) is 14.5. The molecular formula is C17H22N2OS. The highest BCUT2D eigenvalue weighted by molar-refractivity contribution is 7.98. The first-order chi connectivity index (χ1) is 10.3. The van der Waals surface area contributed by atoms with E-state index in [1.54, 1.807) is 11.8 Å². The molecule has 112 valence electrons. The highest BCUT2D eigenvalue weighted by Gasteiger charge is 2.15. The number of aromatic nitrogens is 2. The topological polar surface area (TPSA) is 38.0 Å². The molecule has 0 radical (unpaired) electrons. The smallest absolute Gasteiger partial charge is 0.0727 e. The highest BCUT2D eigenvalue weighted by atomic mass is 32.2. The fourth-order valence-corrected chi connectivity index (χ4v) is 3.65. The van der Waals surface area contributed by atoms with Crippen LogP contribution < -0.4 is 0 Å². The second-order valence-electron chi connectivity index (χ2n) is 5.67. The van der Waals surface area contributed by atoms with E-state index in [0.717, 1.165) is 17.0 Å². The molecule has 0 atom stereocenters. The van der Waals surface area contributed by atoms with Gasteiger partial charge in [0.05, 0.1) is 18.3 Å². The number of thioether (sulfide) groups is 1. The summed E-state index contributed by atoms with van der Waals surface area (Å²) in [5.41, 5.74) is 2.11. The van der Waals surface area contributed by atoms with E-state index in [1.807, 2.05) is 12.1 Å². The molecule has 1 aliphatic rings. The molecule has 1 aromatic heterocycles. The van der Waals surface area contributed by atoms with E-state index in [1.165, 1.54) is 37.0 Å². The Morgan fingerprint density at radius 1 is 1.10 bits per heavy atom. The van der Waals surface area contributed by atoms with Crippen LogP contribution in [0.4, 0.5) is 0 Å². The Kier molecular flexibility index (Phi) is 4.99. The predicted molar refractivity (Wildman–Crippen MR) is 86.3 cm³/mol. The monoisotopic (exact) mass is 302 g/mol. The zero-order valence-corrected chi connectivity index (χ0v) is 13.1. The molecule has 2 aromatic rings. The molecule has 3 rings (SSSR count). The minimum Gasteiger partial charge on any atom is -0.392 e. The highest BCUT2D eigenvalue weighted by Crippen LogP contribution is 2.28. The number of benzene rings is 1. The molecule has 0 bridgehead atoms. The Morgan fingerprint density at radius 2 is 1.86 bits per heavy atom. The van der Waals surface area contributed by atoms with Crippen molar-refractivity contribution in [1.29, 1.82) is 0 Å². The quantitative estimate of drug-likeness (QED) is 0.842. The lowest BCUT2D eigenvalue weighted by molar-refractivity contribution is 0.282. The van der Waals surface area contributed by atoms with Gasteiger partial charge in [-0.25, -0.2) is 0 Å². The number of hydrogen-bond acceptors (Lipinski definition) is 3. The molecule has 1 N–H and O–H groups in total. The third-order valence-corrected chi connectivity index (χ3v) is 5.15. The number of nitrogens with zero attached hydrogens (tertiary/aromatic N) is 2. The molecule has 0 aliphatic heterocycles. The van der Waals surface area contributed by atoms with Crippen LogP contribution in [0.25, 0.3) is 0 Å². The molecule has 1 fully saturated rings. The molecule has 0 saturated heterocycles. The minimum atomic E-state index is 0.108. The fourth-order valence-electron chi connectivity index (χ4n) is 2.85. The lowest BCUT2D eigenvalue weighted by Crippen LogP contribution is -2.13. The molecule has 3 nitrogen and oxygen atoms in total. The number of rotatable bonds is 5. The van der Waals surface area contributed by atoms with E-state index in [2.05, 4.69) is 29.1 Å². The molecule has 0 spiro atoms. The van der Waals surface area contributed by atoms with Crippen LogP contribution in [0.1, 0.15) is 49.4 Å². The van der Waals surface area contributed by atoms with E-state index >= 15 is 0 Å². The van der Waals surface area contributed by atoms with Crippen molar-refractivity contribution in [3.05, 3.63) is 47.8 Å². The molecule has 4 heteroatoms. The average molecular weight is 302 g/mol. The zero-order valence-electron chi connectivity index (χ0n) is 12.2. The van der Waals surface area contributed by atoms with E-state index in [4.69, 9.17) is 10.2 Å². The van der Waals surface area contributed by atoms with Gasteiger partial charge in [0.2, 0.25) is 0 Å². The van der Waals surface area contributed by atoms with Gasteiger partial charge in [-0.1, -0.05) is 31.4 Å². The van der Waals surface area contributed by atoms with Gasteiger partial charge in [-0.15, -0.1) is 11.8 Å². The molecule has 0 amide bonds. The summed E-state index contributed by atoms with van der Waals surface area (Å²) in [6.07, 6.45) is 8.75. The third-order valence-electron chi connectivity index (χ3n) is 4.11. The third kappa shape index (κ3) is 3.89. The predicted octanol–water partition coefficient (Wildman–Crippen LogP) is 4.17. The van der Waals surface area contributed by atoms with Gasteiger partial charge in [-0.2, -0.15) is 5.10 Å². The second kappa shape index (κ2) is 7.14. The number of aliphatic hydroxyl groups excluding tert-OH is 1. The van der Waals surface area contributed by atoms with Crippen molar-refractivity contribution in [2.45, 2.75) is 55.4 Å². The van der Waals surface area contributed by atoms with Gasteiger partial charge >= 0.3 is 0 Å². The second-order valence-corrected chi connectivity index (χ2v) is 6.72. The van der Waals surface area contributed by atoms with Crippen molar-refractivity contribution < 1.29 is 5.11 Å². The van der Waals surface area contributed by atoms with Crippen LogP contribution in [0.2, 0.25) is 0 Å². The fraction of sp³-hybridized carbons (Fsp3) is 0.471. The van der Waals surface area contributed by atoms with Gasteiger partial charge in [0, 0.05) is 16.8 Å². The Balaban J connectivity index is 1.56. The summed E-state index contributed by atoms with van der Waals surface area (Å²) in [5, 5.41) is 13.8. The molecule has 0 unspecified atom stereocenters. The Bertz CT molecular complexity index is 558. The summed E-state index contributed by atoms with van der Waals surface area (Å²) in [6.45, 7) is 0.108. The first kappa shape index (κ1) is 14.7. The number of aliphatic hydroxyl groups is 1. The lowest BCUT2D eigenvalue weighted by atomic mass is 9.96. The summed E-state index contributed by atoms with van der Waals surface area (Å²) in [6, 6.07) is 10.8. The van der Waals surface area contributed by atoms with E-state index < -0.39 is 0 Å². The van der Waals surface area contributed by atoms with Crippen LogP contribution >= 0.6 is 11.8 Å². The first-order valence-electron chi connectivity index (χ1n) is 7.72. The molecule has 1 aliphatic carbocycles. The van der Waals surface area contributed by atoms with Crippen LogP contribution in [0, 0.1) is 0 Å². The molecule has 1 heterocycles. The van der Waals surface area contributed by atoms with Gasteiger partial charge in [0.1, 0.15) is 0 Å². The summed E-state index contributed by atoms with van der Waals surface area (Å²) in [4.78, 5) is 1.22. The van der Waals surface area contributed by atoms with Crippen molar-refractivity contribution in [2.24, 2.45) is 0 Å².